The van der Waals surface area contributed by atoms with E-state index in [1.165, 1.54) is 0 Å². The van der Waals surface area contributed by atoms with Gasteiger partial charge in [-0.3, -0.25) is 0 Å². The summed E-state index contributed by atoms with van der Waals surface area (Å²) in [4.78, 5) is 13.1. The molecule has 0 fully saturated rings. The molecule has 0 atom stereocenters. The molecule has 0 bridgehead atoms. The van der Waals surface area contributed by atoms with Crippen LogP contribution in [-0.4, -0.2) is 31.7 Å². The number of ether oxygens (including phenoxy) is 1. The lowest BCUT2D eigenvalue weighted by Crippen LogP contribution is -1.96. The highest BCUT2D eigenvalue weighted by molar-refractivity contribution is 5.81. The Bertz CT molecular complexity index is 794. The summed E-state index contributed by atoms with van der Waals surface area (Å²) < 4.78 is 6.84. The smallest absolute Gasteiger partial charge is 0.213 e. The second-order valence-corrected chi connectivity index (χ2v) is 4.62. The van der Waals surface area contributed by atoms with Crippen LogP contribution in [0.4, 0.5) is 0 Å². The van der Waals surface area contributed by atoms with E-state index in [1.807, 2.05) is 32.9 Å². The maximum Gasteiger partial charge on any atom is 0.213 e. The van der Waals surface area contributed by atoms with Crippen molar-refractivity contribution in [3.05, 3.63) is 35.7 Å². The normalized spacial score (nSPS) is 11.0. The molecule has 0 spiro atoms. The molecule has 0 N–H and O–H groups in total. The number of rotatable bonds is 2. The number of hydrogen-bond acceptors (Lipinski definition) is 5. The largest absolute Gasteiger partial charge is 0.481 e. The third-order valence-electron chi connectivity index (χ3n) is 3.22. The summed E-state index contributed by atoms with van der Waals surface area (Å²) in [5.74, 6) is 1.32. The van der Waals surface area contributed by atoms with E-state index in [1.54, 1.807) is 18.0 Å². The van der Waals surface area contributed by atoms with E-state index in [2.05, 4.69) is 20.1 Å². The fourth-order valence-corrected chi connectivity index (χ4v) is 2.27. The zero-order valence-electron chi connectivity index (χ0n) is 11.9. The molecule has 3 aromatic rings. The van der Waals surface area contributed by atoms with Crippen LogP contribution >= 0.6 is 0 Å². The van der Waals surface area contributed by atoms with Crippen molar-refractivity contribution in [2.24, 2.45) is 0 Å². The summed E-state index contributed by atoms with van der Waals surface area (Å²) in [5, 5.41) is 4.45. The fraction of sp³-hybridized carbons (Fsp3) is 0.286. The number of aromatic nitrogens is 5. The quantitative estimate of drug-likeness (QED) is 0.713. The van der Waals surface area contributed by atoms with E-state index in [0.717, 1.165) is 34.0 Å². The first-order valence-corrected chi connectivity index (χ1v) is 6.30. The van der Waals surface area contributed by atoms with E-state index in [-0.39, 0.29) is 0 Å². The predicted octanol–water partition coefficient (Wildman–Crippen LogP) is 2.12. The number of nitrogens with zero attached hydrogens (tertiary/aromatic N) is 5. The van der Waals surface area contributed by atoms with Crippen molar-refractivity contribution in [1.82, 2.24) is 24.6 Å². The van der Waals surface area contributed by atoms with Gasteiger partial charge in [-0.15, -0.1) is 0 Å². The Balaban J connectivity index is 2.28. The van der Waals surface area contributed by atoms with Gasteiger partial charge in [0.1, 0.15) is 12.2 Å². The van der Waals surface area contributed by atoms with E-state index in [0.29, 0.717) is 5.88 Å². The second-order valence-electron chi connectivity index (χ2n) is 4.62. The van der Waals surface area contributed by atoms with Gasteiger partial charge in [0.15, 0.2) is 5.65 Å². The molecule has 0 radical (unpaired) electrons. The maximum absolute atomic E-state index is 5.15. The summed E-state index contributed by atoms with van der Waals surface area (Å²) in [7, 11) is 1.61. The lowest BCUT2D eigenvalue weighted by Gasteiger charge is -2.06. The van der Waals surface area contributed by atoms with Crippen LogP contribution in [0.1, 0.15) is 17.2 Å². The minimum atomic E-state index is 0.603. The SMILES string of the molecule is COc1ccc(-c2c(C)nn3cnc(C)nc23)c(C)n1. The zero-order chi connectivity index (χ0) is 14.3. The summed E-state index contributed by atoms with van der Waals surface area (Å²) in [6.45, 7) is 5.78. The van der Waals surface area contributed by atoms with Gasteiger partial charge in [-0.1, -0.05) is 0 Å². The number of methoxy groups -OCH3 is 1. The van der Waals surface area contributed by atoms with Crippen molar-refractivity contribution < 1.29 is 4.74 Å². The molecule has 3 heterocycles. The van der Waals surface area contributed by atoms with Gasteiger partial charge in [0.25, 0.3) is 0 Å². The van der Waals surface area contributed by atoms with E-state index in [4.69, 9.17) is 4.74 Å². The van der Waals surface area contributed by atoms with Crippen LogP contribution in [-0.2, 0) is 0 Å². The number of pyridine rings is 1. The highest BCUT2D eigenvalue weighted by Crippen LogP contribution is 2.30. The molecule has 3 rings (SSSR count). The molecule has 102 valence electrons. The average Bonchev–Trinajstić information content (AvgIpc) is 2.74. The van der Waals surface area contributed by atoms with Crippen molar-refractivity contribution in [3.63, 3.8) is 0 Å². The van der Waals surface area contributed by atoms with Gasteiger partial charge in [0, 0.05) is 17.3 Å². The Morgan fingerprint density at radius 3 is 2.55 bits per heavy atom. The third kappa shape index (κ3) is 1.89. The average molecular weight is 269 g/mol. The molecule has 0 aliphatic rings. The van der Waals surface area contributed by atoms with Gasteiger partial charge in [0.05, 0.1) is 18.4 Å². The molecule has 0 aromatic carbocycles. The molecule has 0 amide bonds. The van der Waals surface area contributed by atoms with E-state index < -0.39 is 0 Å². The lowest BCUT2D eigenvalue weighted by molar-refractivity contribution is 0.397. The summed E-state index contributed by atoms with van der Waals surface area (Å²) in [6, 6.07) is 3.84. The fourth-order valence-electron chi connectivity index (χ4n) is 2.27. The molecule has 0 saturated carbocycles. The van der Waals surface area contributed by atoms with Crippen molar-refractivity contribution in [3.8, 4) is 17.0 Å². The van der Waals surface area contributed by atoms with Crippen LogP contribution in [0.15, 0.2) is 18.5 Å². The molecule has 0 unspecified atom stereocenters. The van der Waals surface area contributed by atoms with Gasteiger partial charge < -0.3 is 4.74 Å². The van der Waals surface area contributed by atoms with Crippen LogP contribution in [0.2, 0.25) is 0 Å². The van der Waals surface area contributed by atoms with Gasteiger partial charge in [-0.05, 0) is 26.8 Å². The van der Waals surface area contributed by atoms with Crippen LogP contribution < -0.4 is 4.74 Å². The second kappa shape index (κ2) is 4.56. The Labute approximate surface area is 116 Å². The van der Waals surface area contributed by atoms with Gasteiger partial charge in [-0.2, -0.15) is 5.10 Å². The third-order valence-corrected chi connectivity index (χ3v) is 3.22. The standard InChI is InChI=1S/C14H15N5O/c1-8-11(5-6-12(16-8)20-4)13-9(2)18-19-7-15-10(3)17-14(13)19/h5-7H,1-4H3. The minimum absolute atomic E-state index is 0.603. The van der Waals surface area contributed by atoms with Crippen molar-refractivity contribution in [2.45, 2.75) is 20.8 Å². The van der Waals surface area contributed by atoms with Crippen molar-refractivity contribution >= 4 is 5.65 Å². The number of aryl methyl sites for hydroxylation is 3. The van der Waals surface area contributed by atoms with Crippen LogP contribution in [0.3, 0.4) is 0 Å². The Hall–Kier alpha value is -2.50. The highest BCUT2D eigenvalue weighted by atomic mass is 16.5. The van der Waals surface area contributed by atoms with E-state index in [9.17, 15) is 0 Å². The first-order chi connectivity index (χ1) is 9.60. The minimum Gasteiger partial charge on any atom is -0.481 e. The maximum atomic E-state index is 5.15. The Kier molecular flexibility index (Phi) is 2.85. The summed E-state index contributed by atoms with van der Waals surface area (Å²) in [5.41, 5.74) is 4.59. The lowest BCUT2D eigenvalue weighted by atomic mass is 10.1. The van der Waals surface area contributed by atoms with Crippen LogP contribution in [0, 0.1) is 20.8 Å². The molecule has 6 nitrogen and oxygen atoms in total. The number of hydrogen-bond donors (Lipinski definition) is 0. The monoisotopic (exact) mass is 269 g/mol. The van der Waals surface area contributed by atoms with Gasteiger partial charge >= 0.3 is 0 Å². The molecule has 0 aliphatic carbocycles. The molecular formula is C14H15N5O. The van der Waals surface area contributed by atoms with Crippen molar-refractivity contribution in [1.29, 1.82) is 0 Å². The topological polar surface area (TPSA) is 65.2 Å². The highest BCUT2D eigenvalue weighted by Gasteiger charge is 2.16. The van der Waals surface area contributed by atoms with Gasteiger partial charge in [0.2, 0.25) is 5.88 Å². The molecule has 6 heteroatoms. The Morgan fingerprint density at radius 1 is 1.05 bits per heavy atom. The molecular weight excluding hydrogens is 254 g/mol. The van der Waals surface area contributed by atoms with Gasteiger partial charge in [-0.25, -0.2) is 19.5 Å². The van der Waals surface area contributed by atoms with Crippen LogP contribution in [0.25, 0.3) is 16.8 Å². The molecule has 0 saturated heterocycles. The van der Waals surface area contributed by atoms with Crippen LogP contribution in [0.5, 0.6) is 5.88 Å². The summed E-state index contributed by atoms with van der Waals surface area (Å²) in [6.07, 6.45) is 1.68. The zero-order valence-corrected chi connectivity index (χ0v) is 11.9. The first kappa shape index (κ1) is 12.5. The number of fused-ring (bicyclic) bond motifs is 1. The Morgan fingerprint density at radius 2 is 1.85 bits per heavy atom. The molecule has 3 aromatic heterocycles. The molecule has 20 heavy (non-hydrogen) atoms. The predicted molar refractivity (Wildman–Crippen MR) is 74.8 cm³/mol. The van der Waals surface area contributed by atoms with E-state index >= 15 is 0 Å². The van der Waals surface area contributed by atoms with Crippen molar-refractivity contribution in [2.75, 3.05) is 7.11 Å². The molecule has 0 aliphatic heterocycles. The first-order valence-electron chi connectivity index (χ1n) is 6.30. The summed E-state index contributed by atoms with van der Waals surface area (Å²) >= 11 is 0.